The van der Waals surface area contributed by atoms with E-state index in [1.165, 1.54) is 0 Å². The van der Waals surface area contributed by atoms with E-state index in [2.05, 4.69) is 27.1 Å². The van der Waals surface area contributed by atoms with Gasteiger partial charge in [0, 0.05) is 44.1 Å². The molecule has 2 aromatic rings. The molecule has 2 fully saturated rings. The first-order valence-electron chi connectivity index (χ1n) is 8.49. The Morgan fingerprint density at radius 2 is 1.80 bits per heavy atom. The first-order valence-corrected chi connectivity index (χ1v) is 8.49. The summed E-state index contributed by atoms with van der Waals surface area (Å²) in [5, 5.41) is 18.1. The first-order chi connectivity index (χ1) is 12.3. The summed E-state index contributed by atoms with van der Waals surface area (Å²) in [6.45, 7) is 3.58. The fourth-order valence-electron chi connectivity index (χ4n) is 3.82. The quantitative estimate of drug-likeness (QED) is 0.786. The Bertz CT molecular complexity index is 847. The van der Waals surface area contributed by atoms with E-state index in [1.54, 1.807) is 6.07 Å². The lowest BCUT2D eigenvalue weighted by atomic mass is 9.89. The number of nitriles is 2. The summed E-state index contributed by atoms with van der Waals surface area (Å²) in [5.41, 5.74) is 2.49. The Morgan fingerprint density at radius 1 is 1.00 bits per heavy atom. The second kappa shape index (κ2) is 6.41. The van der Waals surface area contributed by atoms with Crippen molar-refractivity contribution in [3.05, 3.63) is 42.2 Å². The largest absolute Gasteiger partial charge is 0.340 e. The van der Waals surface area contributed by atoms with Crippen molar-refractivity contribution in [2.75, 3.05) is 31.1 Å². The molecule has 6 nitrogen and oxygen atoms in total. The van der Waals surface area contributed by atoms with Crippen molar-refractivity contribution >= 4 is 5.95 Å². The molecule has 2 atom stereocenters. The minimum absolute atomic E-state index is 0.518. The monoisotopic (exact) mass is 330 g/mol. The molecule has 0 N–H and O–H groups in total. The minimum atomic E-state index is 0.518. The average molecular weight is 330 g/mol. The third-order valence-corrected chi connectivity index (χ3v) is 5.19. The van der Waals surface area contributed by atoms with Gasteiger partial charge in [-0.2, -0.15) is 10.5 Å². The smallest absolute Gasteiger partial charge is 0.225 e. The zero-order valence-electron chi connectivity index (χ0n) is 13.8. The summed E-state index contributed by atoms with van der Waals surface area (Å²) in [4.78, 5) is 13.2. The van der Waals surface area contributed by atoms with Crippen LogP contribution in [0.25, 0.3) is 11.1 Å². The van der Waals surface area contributed by atoms with Crippen LogP contribution in [0.5, 0.6) is 0 Å². The van der Waals surface area contributed by atoms with Crippen LogP contribution in [0, 0.1) is 34.6 Å². The number of hydrogen-bond donors (Lipinski definition) is 0. The number of benzene rings is 1. The van der Waals surface area contributed by atoms with E-state index >= 15 is 0 Å². The molecule has 0 radical (unpaired) electrons. The van der Waals surface area contributed by atoms with Crippen molar-refractivity contribution in [2.24, 2.45) is 11.8 Å². The number of likely N-dealkylation sites (tertiary alicyclic amines) is 1. The second-order valence-corrected chi connectivity index (χ2v) is 6.72. The van der Waals surface area contributed by atoms with Crippen LogP contribution in [0.1, 0.15) is 12.0 Å². The third-order valence-electron chi connectivity index (χ3n) is 5.19. The summed E-state index contributed by atoms with van der Waals surface area (Å²) in [7, 11) is 0. The molecule has 0 saturated carbocycles. The standard InChI is InChI=1S/C19H18N6/c20-7-14-2-1-3-15(6-14)17-8-22-19(23-9-17)25-11-16-4-5-24(13-21)10-18(16)12-25/h1-3,6,8-9,16,18H,4-5,10-12H2/t16-,18+/m1/s1. The average Bonchev–Trinajstić information content (AvgIpc) is 3.11. The molecule has 25 heavy (non-hydrogen) atoms. The van der Waals surface area contributed by atoms with Crippen molar-refractivity contribution in [2.45, 2.75) is 6.42 Å². The fourth-order valence-corrected chi connectivity index (χ4v) is 3.82. The summed E-state index contributed by atoms with van der Waals surface area (Å²) in [6.07, 6.45) is 6.97. The number of piperidine rings is 1. The van der Waals surface area contributed by atoms with E-state index in [0.29, 0.717) is 17.4 Å². The zero-order valence-corrected chi connectivity index (χ0v) is 13.8. The highest BCUT2D eigenvalue weighted by molar-refractivity contribution is 5.64. The fraction of sp³-hybridized carbons (Fsp3) is 0.368. The highest BCUT2D eigenvalue weighted by Gasteiger charge is 2.37. The maximum absolute atomic E-state index is 9.09. The van der Waals surface area contributed by atoms with Gasteiger partial charge in [-0.1, -0.05) is 12.1 Å². The molecular weight excluding hydrogens is 312 g/mol. The molecular formula is C19H18N6. The number of hydrogen-bond acceptors (Lipinski definition) is 6. The molecule has 2 aliphatic heterocycles. The molecule has 0 unspecified atom stereocenters. The second-order valence-electron chi connectivity index (χ2n) is 6.72. The molecule has 0 amide bonds. The van der Waals surface area contributed by atoms with Gasteiger partial charge in [-0.05, 0) is 36.0 Å². The highest BCUT2D eigenvalue weighted by Crippen LogP contribution is 2.32. The zero-order chi connectivity index (χ0) is 17.2. The lowest BCUT2D eigenvalue weighted by Gasteiger charge is -2.30. The molecule has 0 spiro atoms. The minimum Gasteiger partial charge on any atom is -0.340 e. The maximum atomic E-state index is 9.09. The van der Waals surface area contributed by atoms with Crippen LogP contribution in [0.3, 0.4) is 0 Å². The van der Waals surface area contributed by atoms with Crippen LogP contribution < -0.4 is 4.90 Å². The Hall–Kier alpha value is -3.12. The molecule has 1 aromatic carbocycles. The SMILES string of the molecule is N#Cc1cccc(-c2cnc(N3C[C@H]4CCN(C#N)C[C@H]4C3)nc2)c1. The number of nitrogens with zero attached hydrogens (tertiary/aromatic N) is 6. The number of rotatable bonds is 2. The predicted octanol–water partition coefficient (Wildman–Crippen LogP) is 2.25. The van der Waals surface area contributed by atoms with E-state index in [0.717, 1.165) is 49.7 Å². The van der Waals surface area contributed by atoms with Crippen LogP contribution in [0.2, 0.25) is 0 Å². The van der Waals surface area contributed by atoms with Gasteiger partial charge in [0.15, 0.2) is 6.19 Å². The summed E-state index contributed by atoms with van der Waals surface area (Å²) < 4.78 is 0. The molecule has 6 heteroatoms. The van der Waals surface area contributed by atoms with E-state index in [-0.39, 0.29) is 0 Å². The maximum Gasteiger partial charge on any atom is 0.225 e. The van der Waals surface area contributed by atoms with Gasteiger partial charge in [0.25, 0.3) is 0 Å². The van der Waals surface area contributed by atoms with Crippen molar-refractivity contribution in [1.29, 1.82) is 10.5 Å². The van der Waals surface area contributed by atoms with Crippen LogP contribution in [-0.4, -0.2) is 41.0 Å². The van der Waals surface area contributed by atoms with Crippen LogP contribution in [0.15, 0.2) is 36.7 Å². The van der Waals surface area contributed by atoms with Crippen molar-refractivity contribution < 1.29 is 0 Å². The number of fused-ring (bicyclic) bond motifs is 1. The van der Waals surface area contributed by atoms with Gasteiger partial charge < -0.3 is 9.80 Å². The molecule has 0 bridgehead atoms. The number of aromatic nitrogens is 2. The molecule has 2 saturated heterocycles. The van der Waals surface area contributed by atoms with Gasteiger partial charge >= 0.3 is 0 Å². The van der Waals surface area contributed by atoms with E-state index in [1.807, 2.05) is 35.5 Å². The Morgan fingerprint density at radius 3 is 2.56 bits per heavy atom. The van der Waals surface area contributed by atoms with Gasteiger partial charge in [-0.25, -0.2) is 9.97 Å². The number of anilines is 1. The molecule has 1 aromatic heterocycles. The molecule has 0 aliphatic carbocycles. The van der Waals surface area contributed by atoms with Gasteiger partial charge in [-0.15, -0.1) is 0 Å². The summed E-state index contributed by atoms with van der Waals surface area (Å²) in [5.74, 6) is 1.89. The molecule has 124 valence electrons. The molecule has 4 rings (SSSR count). The third kappa shape index (κ3) is 2.99. The molecule has 2 aliphatic rings. The summed E-state index contributed by atoms with van der Waals surface area (Å²) >= 11 is 0. The van der Waals surface area contributed by atoms with Crippen LogP contribution >= 0.6 is 0 Å². The Labute approximate surface area is 147 Å². The van der Waals surface area contributed by atoms with E-state index in [4.69, 9.17) is 10.5 Å². The van der Waals surface area contributed by atoms with Gasteiger partial charge in [-0.3, -0.25) is 0 Å². The van der Waals surface area contributed by atoms with Crippen molar-refractivity contribution in [3.63, 3.8) is 0 Å². The van der Waals surface area contributed by atoms with Crippen molar-refractivity contribution in [1.82, 2.24) is 14.9 Å². The topological polar surface area (TPSA) is 79.8 Å². The van der Waals surface area contributed by atoms with Gasteiger partial charge in [0.05, 0.1) is 11.6 Å². The lowest BCUT2D eigenvalue weighted by Crippen LogP contribution is -2.36. The van der Waals surface area contributed by atoms with Crippen molar-refractivity contribution in [3.8, 4) is 23.4 Å². The summed E-state index contributed by atoms with van der Waals surface area (Å²) in [6, 6.07) is 9.61. The Balaban J connectivity index is 1.50. The van der Waals surface area contributed by atoms with Crippen LogP contribution in [-0.2, 0) is 0 Å². The predicted molar refractivity (Wildman–Crippen MR) is 93.2 cm³/mol. The molecule has 3 heterocycles. The normalized spacial score (nSPS) is 22.2. The van der Waals surface area contributed by atoms with Gasteiger partial charge in [0.1, 0.15) is 0 Å². The van der Waals surface area contributed by atoms with Crippen LogP contribution in [0.4, 0.5) is 5.95 Å². The van der Waals surface area contributed by atoms with E-state index < -0.39 is 0 Å². The van der Waals surface area contributed by atoms with Gasteiger partial charge in [0.2, 0.25) is 5.95 Å². The first kappa shape index (κ1) is 15.4. The lowest BCUT2D eigenvalue weighted by molar-refractivity contribution is 0.207. The van der Waals surface area contributed by atoms with E-state index in [9.17, 15) is 0 Å². The Kier molecular flexibility index (Phi) is 3.95. The highest BCUT2D eigenvalue weighted by atomic mass is 15.3.